The number of rotatable bonds is 9. The Morgan fingerprint density at radius 1 is 1.42 bits per heavy atom. The van der Waals surface area contributed by atoms with Crippen LogP contribution in [0.4, 0.5) is 11.4 Å². The van der Waals surface area contributed by atoms with Crippen LogP contribution in [0.15, 0.2) is 47.5 Å². The zero-order chi connectivity index (χ0) is 22.5. The molecule has 0 aliphatic heterocycles. The van der Waals surface area contributed by atoms with E-state index in [9.17, 15) is 14.9 Å². The van der Waals surface area contributed by atoms with E-state index < -0.39 is 4.92 Å². The van der Waals surface area contributed by atoms with Gasteiger partial charge in [-0.1, -0.05) is 43.3 Å². The molecule has 0 saturated heterocycles. The average molecular weight is 478 g/mol. The number of nitrogens with one attached hydrogen (secondary N) is 1. The number of hydrogen-bond donors (Lipinski definition) is 1. The third-order valence-corrected chi connectivity index (χ3v) is 6.77. The van der Waals surface area contributed by atoms with Gasteiger partial charge in [0.15, 0.2) is 11.0 Å². The highest BCUT2D eigenvalue weighted by molar-refractivity contribution is 7.99. The zero-order valence-corrected chi connectivity index (χ0v) is 19.3. The Morgan fingerprint density at radius 3 is 2.84 bits per heavy atom. The van der Waals surface area contributed by atoms with Crippen LogP contribution in [0.1, 0.15) is 24.6 Å². The average Bonchev–Trinajstić information content (AvgIpc) is 3.35. The van der Waals surface area contributed by atoms with E-state index in [1.807, 2.05) is 9.95 Å². The van der Waals surface area contributed by atoms with E-state index >= 15 is 0 Å². The lowest BCUT2D eigenvalue weighted by atomic mass is 10.1. The maximum absolute atomic E-state index is 12.4. The molecule has 0 aliphatic carbocycles. The maximum atomic E-state index is 12.4. The molecule has 0 radical (unpaired) electrons. The van der Waals surface area contributed by atoms with Crippen LogP contribution in [0, 0.1) is 10.1 Å². The molecule has 0 saturated carbocycles. The van der Waals surface area contributed by atoms with Crippen molar-refractivity contribution >= 4 is 52.0 Å². The van der Waals surface area contributed by atoms with Crippen LogP contribution in [0.25, 0.3) is 11.4 Å². The van der Waals surface area contributed by atoms with Gasteiger partial charge in [-0.2, -0.15) is 0 Å². The molecule has 1 amide bonds. The summed E-state index contributed by atoms with van der Waals surface area (Å²) in [5, 5.41) is 24.9. The molecule has 0 unspecified atom stereocenters. The maximum Gasteiger partial charge on any atom is 0.271 e. The molecule has 2 heterocycles. The highest BCUT2D eigenvalue weighted by atomic mass is 35.5. The predicted octanol–water partition coefficient (Wildman–Crippen LogP) is 5.61. The number of hydrogen-bond acceptors (Lipinski definition) is 7. The summed E-state index contributed by atoms with van der Waals surface area (Å²) in [5.41, 5.74) is 1.01. The Balaban J connectivity index is 1.73. The Hall–Kier alpha value is -2.69. The number of anilines is 1. The van der Waals surface area contributed by atoms with Crippen molar-refractivity contribution in [1.29, 1.82) is 0 Å². The number of non-ortho nitro benzene ring substituents is 1. The first-order valence-electron chi connectivity index (χ1n) is 9.29. The van der Waals surface area contributed by atoms with Crippen molar-refractivity contribution in [3.05, 3.63) is 62.3 Å². The number of nitro groups is 1. The van der Waals surface area contributed by atoms with Crippen LogP contribution in [0.5, 0.6) is 0 Å². The van der Waals surface area contributed by atoms with E-state index in [1.54, 1.807) is 17.4 Å². The van der Waals surface area contributed by atoms with Gasteiger partial charge < -0.3 is 5.32 Å². The molecule has 1 N–H and O–H groups in total. The van der Waals surface area contributed by atoms with Crippen molar-refractivity contribution in [2.24, 2.45) is 0 Å². The molecule has 0 spiro atoms. The number of halogens is 1. The molecule has 1 aromatic carbocycles. The topological polar surface area (TPSA) is 103 Å². The number of aromatic nitrogens is 3. The van der Waals surface area contributed by atoms with Gasteiger partial charge in [0.1, 0.15) is 0 Å². The van der Waals surface area contributed by atoms with E-state index in [4.69, 9.17) is 11.6 Å². The largest absolute Gasteiger partial charge is 0.324 e. The number of benzene rings is 1. The van der Waals surface area contributed by atoms with Gasteiger partial charge in [0, 0.05) is 34.5 Å². The summed E-state index contributed by atoms with van der Waals surface area (Å²) < 4.78 is 1.90. The molecule has 2 aromatic heterocycles. The van der Waals surface area contributed by atoms with Gasteiger partial charge in [0.25, 0.3) is 5.69 Å². The Bertz CT molecular complexity index is 1130. The van der Waals surface area contributed by atoms with Gasteiger partial charge in [-0.3, -0.25) is 19.5 Å². The quantitative estimate of drug-likeness (QED) is 0.186. The summed E-state index contributed by atoms with van der Waals surface area (Å²) in [5.74, 6) is 0.815. The first-order chi connectivity index (χ1) is 14.8. The minimum Gasteiger partial charge on any atom is -0.324 e. The van der Waals surface area contributed by atoms with Crippen LogP contribution in [-0.4, -0.2) is 31.3 Å². The van der Waals surface area contributed by atoms with E-state index in [0.29, 0.717) is 23.4 Å². The highest BCUT2D eigenvalue weighted by Crippen LogP contribution is 2.31. The molecule has 3 rings (SSSR count). The highest BCUT2D eigenvalue weighted by Gasteiger charge is 2.18. The normalized spacial score (nSPS) is 11.0. The van der Waals surface area contributed by atoms with Crippen molar-refractivity contribution in [2.75, 3.05) is 11.1 Å². The number of carbonyl (C=O) groups is 1. The fraction of sp³-hybridized carbons (Fsp3) is 0.250. The Labute approximate surface area is 192 Å². The lowest BCUT2D eigenvalue weighted by Crippen LogP contribution is -2.15. The van der Waals surface area contributed by atoms with Crippen molar-refractivity contribution in [2.45, 2.75) is 31.5 Å². The van der Waals surface area contributed by atoms with E-state index in [2.05, 4.69) is 42.0 Å². The molecular formula is C20H20ClN5O3S2. The summed E-state index contributed by atoms with van der Waals surface area (Å²) in [6.07, 6.45) is 1.75. The van der Waals surface area contributed by atoms with Gasteiger partial charge in [-0.15, -0.1) is 28.1 Å². The lowest BCUT2D eigenvalue weighted by molar-refractivity contribution is -0.384. The standard InChI is InChI=1S/C20H20ClN5O3S2/c1-4-7-25-19(13-8-17(12(2)3)30-10-13)23-24-20(25)31-11-18(27)22-16-9-14(26(28)29)5-6-15(16)21/h4-6,8-10,12H,1,7,11H2,2-3H3,(H,22,27). The fourth-order valence-electron chi connectivity index (χ4n) is 2.71. The number of thioether (sulfide) groups is 1. The molecule has 0 fully saturated rings. The second-order valence-electron chi connectivity index (χ2n) is 6.86. The summed E-state index contributed by atoms with van der Waals surface area (Å²) >= 11 is 8.93. The van der Waals surface area contributed by atoms with Gasteiger partial charge in [0.2, 0.25) is 5.91 Å². The predicted molar refractivity (Wildman–Crippen MR) is 125 cm³/mol. The number of nitro benzene ring substituents is 1. The minimum atomic E-state index is -0.546. The molecule has 8 nitrogen and oxygen atoms in total. The second-order valence-corrected chi connectivity index (χ2v) is 9.15. The summed E-state index contributed by atoms with van der Waals surface area (Å²) in [4.78, 5) is 24.1. The minimum absolute atomic E-state index is 0.0369. The Morgan fingerprint density at radius 2 is 2.19 bits per heavy atom. The number of amides is 1. The molecule has 11 heteroatoms. The number of nitrogens with zero attached hydrogens (tertiary/aromatic N) is 4. The monoisotopic (exact) mass is 477 g/mol. The van der Waals surface area contributed by atoms with Crippen LogP contribution in [-0.2, 0) is 11.3 Å². The SMILES string of the molecule is C=CCn1c(SCC(=O)Nc2cc([N+](=O)[O-])ccc2Cl)nnc1-c1csc(C(C)C)c1. The van der Waals surface area contributed by atoms with Crippen molar-refractivity contribution in [3.8, 4) is 11.4 Å². The molecule has 31 heavy (non-hydrogen) atoms. The third kappa shape index (κ3) is 5.52. The molecule has 0 aliphatic rings. The van der Waals surface area contributed by atoms with E-state index in [1.165, 1.54) is 34.8 Å². The molecule has 162 valence electrons. The summed E-state index contributed by atoms with van der Waals surface area (Å²) in [6, 6.07) is 5.99. The molecule has 0 bridgehead atoms. The molecule has 0 atom stereocenters. The molecule has 3 aromatic rings. The number of carbonyl (C=O) groups excluding carboxylic acids is 1. The second kappa shape index (κ2) is 10.1. The third-order valence-electron chi connectivity index (χ3n) is 4.24. The smallest absolute Gasteiger partial charge is 0.271 e. The van der Waals surface area contributed by atoms with Gasteiger partial charge in [-0.05, 0) is 18.1 Å². The van der Waals surface area contributed by atoms with Gasteiger partial charge in [0.05, 0.1) is 21.4 Å². The summed E-state index contributed by atoms with van der Waals surface area (Å²) in [6.45, 7) is 8.56. The van der Waals surface area contributed by atoms with Crippen LogP contribution in [0.2, 0.25) is 5.02 Å². The Kier molecular flexibility index (Phi) is 7.47. The van der Waals surface area contributed by atoms with Gasteiger partial charge >= 0.3 is 0 Å². The van der Waals surface area contributed by atoms with Gasteiger partial charge in [-0.25, -0.2) is 0 Å². The van der Waals surface area contributed by atoms with Crippen molar-refractivity contribution in [1.82, 2.24) is 14.8 Å². The van der Waals surface area contributed by atoms with Crippen molar-refractivity contribution < 1.29 is 9.72 Å². The summed E-state index contributed by atoms with van der Waals surface area (Å²) in [7, 11) is 0. The van der Waals surface area contributed by atoms with Crippen LogP contribution >= 0.6 is 34.7 Å². The lowest BCUT2D eigenvalue weighted by Gasteiger charge is -2.08. The number of thiophene rings is 1. The zero-order valence-electron chi connectivity index (χ0n) is 16.9. The molecular weight excluding hydrogens is 458 g/mol. The van der Waals surface area contributed by atoms with E-state index in [0.717, 1.165) is 5.56 Å². The number of allylic oxidation sites excluding steroid dienone is 1. The van der Waals surface area contributed by atoms with Crippen molar-refractivity contribution in [3.63, 3.8) is 0 Å². The fourth-order valence-corrected chi connectivity index (χ4v) is 4.53. The first kappa shape index (κ1) is 23.0. The van der Waals surface area contributed by atoms with Crippen LogP contribution in [0.3, 0.4) is 0 Å². The van der Waals surface area contributed by atoms with Crippen LogP contribution < -0.4 is 5.32 Å². The van der Waals surface area contributed by atoms with E-state index in [-0.39, 0.29) is 28.1 Å². The first-order valence-corrected chi connectivity index (χ1v) is 11.5.